The Hall–Kier alpha value is -2.08. The largest absolute Gasteiger partial charge is 0.461 e. The van der Waals surface area contributed by atoms with Crippen LogP contribution in [0, 0.1) is 0 Å². The minimum absolute atomic E-state index is 0.252. The molecule has 25 heavy (non-hydrogen) atoms. The maximum absolute atomic E-state index is 12.4. The van der Waals surface area contributed by atoms with Crippen molar-refractivity contribution in [3.05, 3.63) is 35.2 Å². The summed E-state index contributed by atoms with van der Waals surface area (Å²) in [5.41, 5.74) is -0.631. The lowest BCUT2D eigenvalue weighted by atomic mass is 10.1. The van der Waals surface area contributed by atoms with Crippen LogP contribution < -0.4 is 5.32 Å². The van der Waals surface area contributed by atoms with Crippen molar-refractivity contribution >= 4 is 33.5 Å². The molecule has 2 aromatic rings. The Labute approximate surface area is 152 Å². The first-order chi connectivity index (χ1) is 11.6. The van der Waals surface area contributed by atoms with Crippen molar-refractivity contribution in [1.82, 2.24) is 5.32 Å². The summed E-state index contributed by atoms with van der Waals surface area (Å²) in [6.07, 6.45) is -0.512. The van der Waals surface area contributed by atoms with Crippen LogP contribution in [0.1, 0.15) is 39.5 Å². The van der Waals surface area contributed by atoms with Gasteiger partial charge in [-0.2, -0.15) is 0 Å². The quantitative estimate of drug-likeness (QED) is 0.805. The Morgan fingerprint density at radius 3 is 2.48 bits per heavy atom. The molecule has 0 spiro atoms. The van der Waals surface area contributed by atoms with Gasteiger partial charge in [0.15, 0.2) is 0 Å². The van der Waals surface area contributed by atoms with Crippen LogP contribution in [-0.2, 0) is 20.7 Å². The second kappa shape index (κ2) is 7.87. The number of carbonyl (C=O) groups excluding carboxylic acids is 2. The van der Waals surface area contributed by atoms with Crippen molar-refractivity contribution in [3.8, 4) is 0 Å². The summed E-state index contributed by atoms with van der Waals surface area (Å²) >= 11 is 1.60. The fourth-order valence-corrected chi connectivity index (χ4v) is 3.41. The van der Waals surface area contributed by atoms with E-state index < -0.39 is 23.7 Å². The van der Waals surface area contributed by atoms with Crippen LogP contribution in [-0.4, -0.2) is 29.8 Å². The van der Waals surface area contributed by atoms with Gasteiger partial charge < -0.3 is 14.8 Å². The van der Waals surface area contributed by atoms with Crippen LogP contribution in [0.15, 0.2) is 30.3 Å². The molecule has 0 fully saturated rings. The van der Waals surface area contributed by atoms with E-state index in [2.05, 4.69) is 5.32 Å². The van der Waals surface area contributed by atoms with Crippen LogP contribution in [0.2, 0.25) is 0 Å². The van der Waals surface area contributed by atoms with Gasteiger partial charge in [0.1, 0.15) is 11.6 Å². The molecular weight excluding hydrogens is 338 g/mol. The highest BCUT2D eigenvalue weighted by Crippen LogP contribution is 2.26. The Morgan fingerprint density at radius 1 is 1.20 bits per heavy atom. The Balaban J connectivity index is 2.15. The van der Waals surface area contributed by atoms with Crippen LogP contribution in [0.5, 0.6) is 0 Å². The molecule has 1 amide bonds. The van der Waals surface area contributed by atoms with E-state index in [1.165, 1.54) is 0 Å². The summed E-state index contributed by atoms with van der Waals surface area (Å²) < 4.78 is 11.7. The summed E-state index contributed by atoms with van der Waals surface area (Å²) in [6, 6.07) is 9.26. The minimum Gasteiger partial charge on any atom is -0.461 e. The predicted octanol–water partition coefficient (Wildman–Crippen LogP) is 4.29. The van der Waals surface area contributed by atoms with Crippen LogP contribution in [0.4, 0.5) is 4.79 Å². The second-order valence-corrected chi connectivity index (χ2v) is 8.31. The van der Waals surface area contributed by atoms with E-state index in [-0.39, 0.29) is 6.10 Å². The van der Waals surface area contributed by atoms with Gasteiger partial charge in [-0.15, -0.1) is 11.3 Å². The number of nitrogens with one attached hydrogen (secondary N) is 1. The molecule has 2 rings (SSSR count). The summed E-state index contributed by atoms with van der Waals surface area (Å²) in [4.78, 5) is 25.5. The fourth-order valence-electron chi connectivity index (χ4n) is 2.30. The Bertz CT molecular complexity index is 712. The number of amides is 1. The standard InChI is InChI=1S/C19H25NO4S/c1-12(2)23-17(21)15(20-18(22)24-19(3,4)5)11-14-10-13-8-6-7-9-16(13)25-14/h6-10,12,15H,11H2,1-5H3,(H,20,22). The number of hydrogen-bond donors (Lipinski definition) is 1. The highest BCUT2D eigenvalue weighted by atomic mass is 32.1. The molecule has 1 N–H and O–H groups in total. The molecule has 0 aliphatic heterocycles. The zero-order valence-electron chi connectivity index (χ0n) is 15.3. The highest BCUT2D eigenvalue weighted by molar-refractivity contribution is 7.19. The molecule has 0 aliphatic carbocycles. The average Bonchev–Trinajstić information content (AvgIpc) is 2.86. The lowest BCUT2D eigenvalue weighted by Gasteiger charge is -2.23. The molecule has 1 unspecified atom stereocenters. The number of carbonyl (C=O) groups is 2. The third kappa shape index (κ3) is 6.05. The van der Waals surface area contributed by atoms with Crippen molar-refractivity contribution in [1.29, 1.82) is 0 Å². The third-order valence-electron chi connectivity index (χ3n) is 3.21. The number of ether oxygens (including phenoxy) is 2. The number of rotatable bonds is 5. The Kier molecular flexibility index (Phi) is 6.06. The van der Waals surface area contributed by atoms with E-state index in [1.807, 2.05) is 30.3 Å². The number of benzene rings is 1. The highest BCUT2D eigenvalue weighted by Gasteiger charge is 2.27. The minimum atomic E-state index is -0.787. The Morgan fingerprint density at radius 2 is 1.88 bits per heavy atom. The molecule has 1 aromatic carbocycles. The first-order valence-electron chi connectivity index (χ1n) is 8.31. The number of hydrogen-bond acceptors (Lipinski definition) is 5. The molecule has 1 heterocycles. The topological polar surface area (TPSA) is 64.6 Å². The van der Waals surface area contributed by atoms with Gasteiger partial charge in [-0.25, -0.2) is 9.59 Å². The molecule has 0 saturated carbocycles. The van der Waals surface area contributed by atoms with Gasteiger partial charge in [-0.05, 0) is 52.1 Å². The molecular formula is C19H25NO4S. The average molecular weight is 363 g/mol. The van der Waals surface area contributed by atoms with Crippen LogP contribution >= 0.6 is 11.3 Å². The van der Waals surface area contributed by atoms with E-state index in [0.29, 0.717) is 6.42 Å². The lowest BCUT2D eigenvalue weighted by Crippen LogP contribution is -2.45. The molecule has 0 radical (unpaired) electrons. The van der Waals surface area contributed by atoms with E-state index in [4.69, 9.17) is 9.47 Å². The van der Waals surface area contributed by atoms with Crippen molar-refractivity contribution in [2.75, 3.05) is 0 Å². The third-order valence-corrected chi connectivity index (χ3v) is 4.35. The SMILES string of the molecule is CC(C)OC(=O)C(Cc1cc2ccccc2s1)NC(=O)OC(C)(C)C. The molecule has 5 nitrogen and oxygen atoms in total. The van der Waals surface area contributed by atoms with E-state index >= 15 is 0 Å². The fraction of sp³-hybridized carbons (Fsp3) is 0.474. The van der Waals surface area contributed by atoms with Crippen LogP contribution in [0.3, 0.4) is 0 Å². The molecule has 0 bridgehead atoms. The molecule has 1 atom stereocenters. The van der Waals surface area contributed by atoms with Crippen molar-refractivity contribution in [3.63, 3.8) is 0 Å². The monoisotopic (exact) mass is 363 g/mol. The van der Waals surface area contributed by atoms with Gasteiger partial charge in [-0.1, -0.05) is 18.2 Å². The number of thiophene rings is 1. The lowest BCUT2D eigenvalue weighted by molar-refractivity contribution is -0.149. The van der Waals surface area contributed by atoms with Gasteiger partial charge in [0.05, 0.1) is 6.10 Å². The molecule has 0 aliphatic rings. The number of esters is 1. The number of alkyl carbamates (subject to hydrolysis) is 1. The summed E-state index contributed by atoms with van der Waals surface area (Å²) in [6.45, 7) is 8.89. The summed E-state index contributed by atoms with van der Waals surface area (Å²) in [7, 11) is 0. The first-order valence-corrected chi connectivity index (χ1v) is 9.13. The van der Waals surface area contributed by atoms with Gasteiger partial charge in [-0.3, -0.25) is 0 Å². The van der Waals surface area contributed by atoms with Gasteiger partial charge >= 0.3 is 12.1 Å². The maximum atomic E-state index is 12.4. The molecule has 6 heteroatoms. The van der Waals surface area contributed by atoms with E-state index in [1.54, 1.807) is 46.0 Å². The van der Waals surface area contributed by atoms with Crippen LogP contribution in [0.25, 0.3) is 10.1 Å². The van der Waals surface area contributed by atoms with E-state index in [0.717, 1.165) is 15.0 Å². The molecule has 136 valence electrons. The second-order valence-electron chi connectivity index (χ2n) is 7.14. The summed E-state index contributed by atoms with van der Waals surface area (Å²) in [5.74, 6) is -0.460. The van der Waals surface area contributed by atoms with Crippen molar-refractivity contribution in [2.45, 2.75) is 58.8 Å². The van der Waals surface area contributed by atoms with E-state index in [9.17, 15) is 9.59 Å². The maximum Gasteiger partial charge on any atom is 0.408 e. The van der Waals surface area contributed by atoms with Crippen molar-refractivity contribution < 1.29 is 19.1 Å². The van der Waals surface area contributed by atoms with Gasteiger partial charge in [0.25, 0.3) is 0 Å². The molecule has 1 aromatic heterocycles. The first kappa shape index (κ1) is 19.2. The van der Waals surface area contributed by atoms with Gasteiger partial charge in [0, 0.05) is 16.0 Å². The van der Waals surface area contributed by atoms with Gasteiger partial charge in [0.2, 0.25) is 0 Å². The number of fused-ring (bicyclic) bond motifs is 1. The molecule has 0 saturated heterocycles. The predicted molar refractivity (Wildman–Crippen MR) is 99.9 cm³/mol. The zero-order valence-corrected chi connectivity index (χ0v) is 16.1. The summed E-state index contributed by atoms with van der Waals surface area (Å²) in [5, 5.41) is 3.76. The zero-order chi connectivity index (χ0) is 18.6. The van der Waals surface area contributed by atoms with Crippen molar-refractivity contribution in [2.24, 2.45) is 0 Å². The smallest absolute Gasteiger partial charge is 0.408 e. The normalized spacial score (nSPS) is 12.9.